The zero-order valence-electron chi connectivity index (χ0n) is 6.16. The van der Waals surface area contributed by atoms with E-state index in [1.807, 2.05) is 6.08 Å². The van der Waals surface area contributed by atoms with Gasteiger partial charge in [-0.25, -0.2) is 0 Å². The first-order valence-electron chi connectivity index (χ1n) is 3.77. The van der Waals surface area contributed by atoms with Gasteiger partial charge in [-0.05, 0) is 25.3 Å². The largest absolute Gasteiger partial charge is 0.330 e. The van der Waals surface area contributed by atoms with Crippen LogP contribution in [0.25, 0.3) is 0 Å². The molecule has 0 saturated heterocycles. The summed E-state index contributed by atoms with van der Waals surface area (Å²) in [4.78, 5) is 14.9. The second kappa shape index (κ2) is 2.42. The van der Waals surface area contributed by atoms with Crippen molar-refractivity contribution >= 4 is 6.34 Å². The van der Waals surface area contributed by atoms with Crippen molar-refractivity contribution in [3.8, 4) is 0 Å². The predicted octanol–water partition coefficient (Wildman–Crippen LogP) is 1.76. The Labute approximate surface area is 64.7 Å². The Balaban J connectivity index is 2.43. The molecule has 0 saturated carbocycles. The van der Waals surface area contributed by atoms with Gasteiger partial charge in [-0.3, -0.25) is 0 Å². The van der Waals surface area contributed by atoms with Crippen LogP contribution >= 0.6 is 0 Å². The SMILES string of the molecule is O=[N+]1C=NC=C2CCCC=C21. The smallest absolute Gasteiger partial charge is 0.0594 e. The summed E-state index contributed by atoms with van der Waals surface area (Å²) < 4.78 is 0.842. The number of aliphatic imine (C=N–C) groups is 1. The van der Waals surface area contributed by atoms with Gasteiger partial charge in [0, 0.05) is 10.3 Å². The third-order valence-corrected chi connectivity index (χ3v) is 1.96. The van der Waals surface area contributed by atoms with Crippen molar-refractivity contribution in [1.82, 2.24) is 0 Å². The van der Waals surface area contributed by atoms with Crippen LogP contribution < -0.4 is 0 Å². The summed E-state index contributed by atoms with van der Waals surface area (Å²) in [6.45, 7) is 0. The van der Waals surface area contributed by atoms with Crippen molar-refractivity contribution in [2.24, 2.45) is 4.99 Å². The number of hydrogen-bond donors (Lipinski definition) is 0. The highest BCUT2D eigenvalue weighted by molar-refractivity contribution is 5.52. The average molecular weight is 149 g/mol. The van der Waals surface area contributed by atoms with Crippen molar-refractivity contribution in [1.29, 1.82) is 0 Å². The molecule has 1 aliphatic carbocycles. The highest BCUT2D eigenvalue weighted by atomic mass is 16.3. The van der Waals surface area contributed by atoms with Crippen LogP contribution in [0.1, 0.15) is 19.3 Å². The van der Waals surface area contributed by atoms with E-state index in [-0.39, 0.29) is 0 Å². The Hall–Kier alpha value is -1.25. The fourth-order valence-electron chi connectivity index (χ4n) is 1.40. The molecule has 0 unspecified atom stereocenters. The summed E-state index contributed by atoms with van der Waals surface area (Å²) in [5.41, 5.74) is 1.88. The number of hydrogen-bond acceptors (Lipinski definition) is 2. The van der Waals surface area contributed by atoms with Crippen LogP contribution in [-0.4, -0.2) is 11.1 Å². The van der Waals surface area contributed by atoms with Crippen LogP contribution in [0.2, 0.25) is 0 Å². The molecule has 0 radical (unpaired) electrons. The number of rotatable bonds is 0. The Morgan fingerprint density at radius 3 is 3.27 bits per heavy atom. The highest BCUT2D eigenvalue weighted by Gasteiger charge is 2.23. The lowest BCUT2D eigenvalue weighted by Crippen LogP contribution is -2.13. The Kier molecular flexibility index (Phi) is 1.42. The van der Waals surface area contributed by atoms with Crippen molar-refractivity contribution in [2.75, 3.05) is 0 Å². The molecular weight excluding hydrogens is 140 g/mol. The lowest BCUT2D eigenvalue weighted by Gasteiger charge is -2.10. The van der Waals surface area contributed by atoms with Gasteiger partial charge in [-0.15, -0.1) is 0 Å². The molecule has 0 aromatic carbocycles. The molecule has 0 fully saturated rings. The number of nitrogens with zero attached hydrogens (tertiary/aromatic N) is 2. The van der Waals surface area contributed by atoms with Crippen molar-refractivity contribution in [3.63, 3.8) is 0 Å². The Morgan fingerprint density at radius 1 is 1.55 bits per heavy atom. The first-order valence-corrected chi connectivity index (χ1v) is 3.77. The molecule has 1 aliphatic heterocycles. The quantitative estimate of drug-likeness (QED) is 0.483. The van der Waals surface area contributed by atoms with E-state index >= 15 is 0 Å². The van der Waals surface area contributed by atoms with Crippen LogP contribution in [0.15, 0.2) is 28.5 Å². The van der Waals surface area contributed by atoms with Crippen molar-refractivity contribution in [2.45, 2.75) is 19.3 Å². The van der Waals surface area contributed by atoms with Crippen molar-refractivity contribution < 1.29 is 4.76 Å². The molecule has 0 bridgehead atoms. The van der Waals surface area contributed by atoms with E-state index in [9.17, 15) is 4.91 Å². The number of nitroso groups, excluding NO2 is 1. The second-order valence-corrected chi connectivity index (χ2v) is 2.73. The van der Waals surface area contributed by atoms with Crippen LogP contribution in [0.3, 0.4) is 0 Å². The van der Waals surface area contributed by atoms with Gasteiger partial charge < -0.3 is 0 Å². The van der Waals surface area contributed by atoms with Gasteiger partial charge in [0.05, 0.1) is 0 Å². The first-order chi connectivity index (χ1) is 5.38. The second-order valence-electron chi connectivity index (χ2n) is 2.73. The van der Waals surface area contributed by atoms with Crippen LogP contribution in [0, 0.1) is 4.91 Å². The molecule has 3 nitrogen and oxygen atoms in total. The zero-order valence-corrected chi connectivity index (χ0v) is 6.16. The molecule has 0 aromatic rings. The first kappa shape index (κ1) is 6.46. The summed E-state index contributed by atoms with van der Waals surface area (Å²) in [5.74, 6) is 0. The van der Waals surface area contributed by atoms with Gasteiger partial charge >= 0.3 is 6.34 Å². The summed E-state index contributed by atoms with van der Waals surface area (Å²) in [5, 5.41) is 0. The van der Waals surface area contributed by atoms with E-state index in [1.165, 1.54) is 6.34 Å². The molecule has 56 valence electrons. The van der Waals surface area contributed by atoms with Gasteiger partial charge in [-0.1, -0.05) is 9.90 Å². The van der Waals surface area contributed by atoms with Gasteiger partial charge in [0.2, 0.25) is 0 Å². The Bertz CT molecular complexity index is 286. The van der Waals surface area contributed by atoms with E-state index in [2.05, 4.69) is 4.99 Å². The molecule has 0 amide bonds. The number of allylic oxidation sites excluding steroid dienone is 2. The fraction of sp³-hybridized carbons (Fsp3) is 0.375. The summed E-state index contributed by atoms with van der Waals surface area (Å²) in [7, 11) is 0. The van der Waals surface area contributed by atoms with Crippen LogP contribution in [0.4, 0.5) is 0 Å². The van der Waals surface area contributed by atoms with Gasteiger partial charge in [0.25, 0.3) is 0 Å². The zero-order chi connectivity index (χ0) is 7.68. The lowest BCUT2D eigenvalue weighted by molar-refractivity contribution is -0.361. The Morgan fingerprint density at radius 2 is 2.45 bits per heavy atom. The maximum absolute atomic E-state index is 11.1. The van der Waals surface area contributed by atoms with E-state index in [4.69, 9.17) is 0 Å². The molecule has 0 aromatic heterocycles. The molecule has 0 N–H and O–H groups in total. The van der Waals surface area contributed by atoms with Crippen molar-refractivity contribution in [3.05, 3.63) is 28.5 Å². The molecule has 11 heavy (non-hydrogen) atoms. The summed E-state index contributed by atoms with van der Waals surface area (Å²) in [6.07, 6.45) is 8.20. The molecule has 3 heteroatoms. The minimum absolute atomic E-state index is 0.797. The minimum atomic E-state index is 0.797. The lowest BCUT2D eigenvalue weighted by atomic mass is 9.99. The van der Waals surface area contributed by atoms with Gasteiger partial charge in [0.15, 0.2) is 5.70 Å². The molecule has 1 heterocycles. The molecule has 2 rings (SSSR count). The maximum atomic E-state index is 11.1. The third kappa shape index (κ3) is 1.02. The molecular formula is C8H9N2O+. The third-order valence-electron chi connectivity index (χ3n) is 1.96. The van der Waals surface area contributed by atoms with Crippen LogP contribution in [-0.2, 0) is 0 Å². The van der Waals surface area contributed by atoms with Crippen LogP contribution in [0.5, 0.6) is 0 Å². The maximum Gasteiger partial charge on any atom is 0.330 e. The predicted molar refractivity (Wildman–Crippen MR) is 42.1 cm³/mol. The van der Waals surface area contributed by atoms with Gasteiger partial charge in [-0.2, -0.15) is 0 Å². The average Bonchev–Trinajstić information content (AvgIpc) is 2.06. The fourth-order valence-corrected chi connectivity index (χ4v) is 1.40. The normalized spacial score (nSPS) is 22.4. The molecule has 0 atom stereocenters. The standard InChI is InChI=1S/C8H9N2O/c11-10-6-9-5-7-3-1-2-4-8(7)10/h4-6H,1-3H2/q+1. The van der Waals surface area contributed by atoms with E-state index < -0.39 is 0 Å². The highest BCUT2D eigenvalue weighted by Crippen LogP contribution is 2.25. The van der Waals surface area contributed by atoms with E-state index in [0.29, 0.717) is 0 Å². The van der Waals surface area contributed by atoms with Gasteiger partial charge in [0.1, 0.15) is 6.20 Å². The monoisotopic (exact) mass is 149 g/mol. The molecule has 2 aliphatic rings. The minimum Gasteiger partial charge on any atom is -0.0594 e. The topological polar surface area (TPSA) is 32.4 Å². The molecule has 0 spiro atoms. The van der Waals surface area contributed by atoms with E-state index in [0.717, 1.165) is 35.3 Å². The number of fused-ring (bicyclic) bond motifs is 1. The van der Waals surface area contributed by atoms with E-state index in [1.54, 1.807) is 6.20 Å². The summed E-state index contributed by atoms with van der Waals surface area (Å²) in [6, 6.07) is 0. The summed E-state index contributed by atoms with van der Waals surface area (Å²) >= 11 is 0.